The van der Waals surface area contributed by atoms with Crippen molar-refractivity contribution in [3.8, 4) is 11.8 Å². The van der Waals surface area contributed by atoms with Gasteiger partial charge in [0.1, 0.15) is 17.0 Å². The highest BCUT2D eigenvalue weighted by atomic mass is 79.9. The Bertz CT molecular complexity index is 1060. The molecule has 226 valence electrons. The molecule has 0 aliphatic carbocycles. The fourth-order valence-corrected chi connectivity index (χ4v) is 4.92. The number of carbonyl (C=O) groups excluding carboxylic acids is 1. The number of aliphatic hydroxyl groups is 1. The van der Waals surface area contributed by atoms with Crippen molar-refractivity contribution >= 4 is 22.0 Å². The van der Waals surface area contributed by atoms with Crippen LogP contribution in [0.25, 0.3) is 0 Å². The normalized spacial score (nSPS) is 19.9. The van der Waals surface area contributed by atoms with E-state index in [9.17, 15) is 27.5 Å². The average molecular weight is 638 g/mol. The van der Waals surface area contributed by atoms with Crippen LogP contribution in [-0.4, -0.2) is 64.6 Å². The maximum Gasteiger partial charge on any atom is 0.422 e. The van der Waals surface area contributed by atoms with E-state index in [1.807, 2.05) is 0 Å². The van der Waals surface area contributed by atoms with E-state index in [-0.39, 0.29) is 31.1 Å². The van der Waals surface area contributed by atoms with Gasteiger partial charge in [0.15, 0.2) is 0 Å². The third kappa shape index (κ3) is 9.33. The molecule has 0 saturated carbocycles. The van der Waals surface area contributed by atoms with E-state index in [0.717, 1.165) is 0 Å². The van der Waals surface area contributed by atoms with Crippen molar-refractivity contribution in [1.29, 1.82) is 0 Å². The standard InChI is InChI=1S/C29H41BrF4N2O4/c1-25(2,3)40-24(38)36-23(19-39-27(36,6)7)11-9-8-10-16-28(29(32,33)34,20-12-14-21(30)15-13-20)35-22(18-37)17-26(4,5)31/h12-15,22-23,35,37H,8-9,11,17-19H2,1-7H3/t22-,23-,28-/m0/s1. The zero-order valence-corrected chi connectivity index (χ0v) is 25.8. The van der Waals surface area contributed by atoms with Gasteiger partial charge in [-0.05, 0) is 85.4 Å². The smallest absolute Gasteiger partial charge is 0.422 e. The van der Waals surface area contributed by atoms with Crippen molar-refractivity contribution in [2.75, 3.05) is 13.2 Å². The molecule has 0 spiro atoms. The zero-order valence-electron chi connectivity index (χ0n) is 24.2. The van der Waals surface area contributed by atoms with Gasteiger partial charge in [-0.2, -0.15) is 13.2 Å². The van der Waals surface area contributed by atoms with Crippen LogP contribution in [0, 0.1) is 11.8 Å². The second kappa shape index (κ2) is 13.0. The lowest BCUT2D eigenvalue weighted by molar-refractivity contribution is -0.185. The summed E-state index contributed by atoms with van der Waals surface area (Å²) < 4.78 is 70.6. The number of halogens is 5. The number of amides is 1. The predicted octanol–water partition coefficient (Wildman–Crippen LogP) is 6.84. The van der Waals surface area contributed by atoms with Crippen LogP contribution >= 0.6 is 15.9 Å². The first-order valence-electron chi connectivity index (χ1n) is 13.3. The number of nitrogens with zero attached hydrogens (tertiary/aromatic N) is 1. The maximum atomic E-state index is 14.8. The minimum atomic E-state index is -4.89. The van der Waals surface area contributed by atoms with Crippen LogP contribution in [0.3, 0.4) is 0 Å². The summed E-state index contributed by atoms with van der Waals surface area (Å²) >= 11 is 3.24. The molecule has 1 amide bonds. The van der Waals surface area contributed by atoms with E-state index in [0.29, 0.717) is 17.3 Å². The highest BCUT2D eigenvalue weighted by Crippen LogP contribution is 2.40. The van der Waals surface area contributed by atoms with Crippen molar-refractivity contribution in [2.24, 2.45) is 0 Å². The molecule has 1 aromatic rings. The number of aliphatic hydroxyl groups excluding tert-OH is 1. The van der Waals surface area contributed by atoms with Crippen LogP contribution in [-0.2, 0) is 15.0 Å². The molecule has 3 atom stereocenters. The van der Waals surface area contributed by atoms with Gasteiger partial charge in [0.25, 0.3) is 0 Å². The van der Waals surface area contributed by atoms with Crippen LogP contribution in [0.1, 0.15) is 79.7 Å². The van der Waals surface area contributed by atoms with Crippen LogP contribution < -0.4 is 5.32 Å². The minimum absolute atomic E-state index is 0.105. The molecular weight excluding hydrogens is 596 g/mol. The van der Waals surface area contributed by atoms with Gasteiger partial charge in [0.2, 0.25) is 5.54 Å². The summed E-state index contributed by atoms with van der Waals surface area (Å²) in [4.78, 5) is 14.4. The van der Waals surface area contributed by atoms with Crippen LogP contribution in [0.5, 0.6) is 0 Å². The molecule has 1 saturated heterocycles. The molecule has 2 N–H and O–H groups in total. The molecule has 1 fully saturated rings. The number of hydrogen-bond acceptors (Lipinski definition) is 5. The molecular formula is C29H41BrF4N2O4. The summed E-state index contributed by atoms with van der Waals surface area (Å²) in [5.41, 5.74) is -6.42. The number of unbranched alkanes of at least 4 members (excludes halogenated alkanes) is 1. The third-order valence-electron chi connectivity index (χ3n) is 6.35. The lowest BCUT2D eigenvalue weighted by Crippen LogP contribution is -2.58. The van der Waals surface area contributed by atoms with Crippen molar-refractivity contribution in [2.45, 2.75) is 115 Å². The Hall–Kier alpha value is -1.87. The first-order chi connectivity index (χ1) is 18.2. The maximum absolute atomic E-state index is 14.8. The Morgan fingerprint density at radius 1 is 1.20 bits per heavy atom. The number of nitrogens with one attached hydrogen (secondary N) is 1. The van der Waals surface area contributed by atoms with Crippen molar-refractivity contribution in [1.82, 2.24) is 10.2 Å². The van der Waals surface area contributed by atoms with Gasteiger partial charge in [0, 0.05) is 16.9 Å². The number of rotatable bonds is 9. The fraction of sp³-hybridized carbons (Fsp3) is 0.690. The molecule has 1 heterocycles. The first-order valence-corrected chi connectivity index (χ1v) is 14.1. The fourth-order valence-electron chi connectivity index (χ4n) is 4.66. The molecule has 2 rings (SSSR count). The van der Waals surface area contributed by atoms with Gasteiger partial charge in [-0.3, -0.25) is 10.2 Å². The zero-order chi connectivity index (χ0) is 30.6. The highest BCUT2D eigenvalue weighted by molar-refractivity contribution is 9.10. The summed E-state index contributed by atoms with van der Waals surface area (Å²) in [5.74, 6) is 5.06. The van der Waals surface area contributed by atoms with Crippen molar-refractivity contribution in [3.05, 3.63) is 34.3 Å². The first kappa shape index (κ1) is 34.3. The number of alkyl halides is 4. The molecule has 0 unspecified atom stereocenters. The molecule has 40 heavy (non-hydrogen) atoms. The van der Waals surface area contributed by atoms with E-state index >= 15 is 0 Å². The second-order valence-electron chi connectivity index (χ2n) is 12.2. The molecule has 6 nitrogen and oxygen atoms in total. The van der Waals surface area contributed by atoms with Crippen LogP contribution in [0.15, 0.2) is 28.7 Å². The SMILES string of the molecule is CC(C)(F)C[C@@H](CO)N[C@@](C#CCCC[C@H]1COC(C)(C)N1C(=O)OC(C)(C)C)(c1ccc(Br)cc1)C(F)(F)F. The van der Waals surface area contributed by atoms with E-state index in [4.69, 9.17) is 9.47 Å². The third-order valence-corrected chi connectivity index (χ3v) is 6.88. The summed E-state index contributed by atoms with van der Waals surface area (Å²) in [7, 11) is 0. The van der Waals surface area contributed by atoms with Crippen molar-refractivity contribution < 1.29 is 36.9 Å². The van der Waals surface area contributed by atoms with E-state index < -0.39 is 47.5 Å². The van der Waals surface area contributed by atoms with Gasteiger partial charge in [-0.1, -0.05) is 34.0 Å². The predicted molar refractivity (Wildman–Crippen MR) is 149 cm³/mol. The Kier molecular flexibility index (Phi) is 11.1. The van der Waals surface area contributed by atoms with Crippen molar-refractivity contribution in [3.63, 3.8) is 0 Å². The molecule has 0 radical (unpaired) electrons. The Morgan fingerprint density at radius 2 is 1.80 bits per heavy atom. The quantitative estimate of drug-likeness (QED) is 0.176. The number of hydrogen-bond donors (Lipinski definition) is 2. The van der Waals surface area contributed by atoms with Crippen LogP contribution in [0.4, 0.5) is 22.4 Å². The summed E-state index contributed by atoms with van der Waals surface area (Å²) in [6.07, 6.45) is -4.82. The monoisotopic (exact) mass is 636 g/mol. The van der Waals surface area contributed by atoms with Gasteiger partial charge in [-0.25, -0.2) is 9.18 Å². The van der Waals surface area contributed by atoms with E-state index in [2.05, 4.69) is 33.1 Å². The Labute approximate surface area is 243 Å². The molecule has 0 aromatic heterocycles. The molecule has 1 aliphatic rings. The summed E-state index contributed by atoms with van der Waals surface area (Å²) in [6, 6.07) is 4.00. The Balaban J connectivity index is 2.30. The molecule has 11 heteroatoms. The molecule has 1 aliphatic heterocycles. The highest BCUT2D eigenvalue weighted by Gasteiger charge is 2.56. The number of ether oxygens (including phenoxy) is 2. The summed E-state index contributed by atoms with van der Waals surface area (Å²) in [5, 5.41) is 12.3. The largest absolute Gasteiger partial charge is 0.444 e. The van der Waals surface area contributed by atoms with E-state index in [1.54, 1.807) is 34.6 Å². The minimum Gasteiger partial charge on any atom is -0.444 e. The van der Waals surface area contributed by atoms with Gasteiger partial charge < -0.3 is 14.6 Å². The van der Waals surface area contributed by atoms with Gasteiger partial charge in [-0.15, -0.1) is 5.92 Å². The number of carbonyl (C=O) groups is 1. The van der Waals surface area contributed by atoms with E-state index in [1.165, 1.54) is 43.0 Å². The lowest BCUT2D eigenvalue weighted by Gasteiger charge is -2.37. The van der Waals surface area contributed by atoms with Gasteiger partial charge in [0.05, 0.1) is 19.3 Å². The molecule has 1 aromatic carbocycles. The lowest BCUT2D eigenvalue weighted by atomic mass is 9.87. The van der Waals surface area contributed by atoms with Gasteiger partial charge >= 0.3 is 12.3 Å². The summed E-state index contributed by atoms with van der Waals surface area (Å²) in [6.45, 7) is 10.9. The average Bonchev–Trinajstić information content (AvgIpc) is 3.09. The van der Waals surface area contributed by atoms with Crippen LogP contribution in [0.2, 0.25) is 0 Å². The topological polar surface area (TPSA) is 71.0 Å². The second-order valence-corrected chi connectivity index (χ2v) is 13.1. The number of benzene rings is 1. The molecule has 0 bridgehead atoms. The Morgan fingerprint density at radius 3 is 2.30 bits per heavy atom.